The molecule has 1 fully saturated rings. The van der Waals surface area contributed by atoms with Gasteiger partial charge >= 0.3 is 0 Å². The maximum Gasteiger partial charge on any atom is 0.191 e. The van der Waals surface area contributed by atoms with Gasteiger partial charge in [0.15, 0.2) is 5.16 Å². The molecule has 2 heterocycles. The third kappa shape index (κ3) is 3.97. The van der Waals surface area contributed by atoms with E-state index >= 15 is 0 Å². The summed E-state index contributed by atoms with van der Waals surface area (Å²) >= 11 is 7.81. The van der Waals surface area contributed by atoms with Crippen LogP contribution in [0.25, 0.3) is 11.0 Å². The van der Waals surface area contributed by atoms with E-state index in [0.717, 1.165) is 34.4 Å². The Bertz CT molecular complexity index is 1170. The summed E-state index contributed by atoms with van der Waals surface area (Å²) in [6, 6.07) is 16.1. The summed E-state index contributed by atoms with van der Waals surface area (Å²) in [7, 11) is 0. The molecule has 2 aromatic carbocycles. The molecule has 0 saturated heterocycles. The van der Waals surface area contributed by atoms with Crippen LogP contribution in [0.1, 0.15) is 36.0 Å². The zero-order chi connectivity index (χ0) is 20.5. The number of benzene rings is 2. The fourth-order valence-electron chi connectivity index (χ4n) is 3.70. The summed E-state index contributed by atoms with van der Waals surface area (Å²) in [6.45, 7) is 1.30. The van der Waals surface area contributed by atoms with Gasteiger partial charge in [-0.3, -0.25) is 0 Å². The monoisotopic (exact) mass is 439 g/mol. The van der Waals surface area contributed by atoms with Crippen molar-refractivity contribution in [3.63, 3.8) is 0 Å². The van der Waals surface area contributed by atoms with E-state index in [9.17, 15) is 5.11 Å². The van der Waals surface area contributed by atoms with Crippen molar-refractivity contribution >= 4 is 34.4 Å². The largest absolute Gasteiger partial charge is 0.395 e. The summed E-state index contributed by atoms with van der Waals surface area (Å²) in [6.07, 6.45) is 2.37. The zero-order valence-electron chi connectivity index (χ0n) is 16.4. The highest BCUT2D eigenvalue weighted by molar-refractivity contribution is 7.98. The van der Waals surface area contributed by atoms with Crippen molar-refractivity contribution in [1.82, 2.24) is 24.3 Å². The van der Waals surface area contributed by atoms with Gasteiger partial charge in [-0.05, 0) is 36.6 Å². The topological polar surface area (TPSA) is 68.8 Å². The van der Waals surface area contributed by atoms with Crippen LogP contribution in [0.4, 0.5) is 0 Å². The fourth-order valence-corrected chi connectivity index (χ4v) is 4.76. The first-order valence-electron chi connectivity index (χ1n) is 10.1. The number of nitrogens with zero attached hydrogens (tertiary/aromatic N) is 5. The molecule has 0 unspecified atom stereocenters. The van der Waals surface area contributed by atoms with Gasteiger partial charge in [-0.1, -0.05) is 53.7 Å². The maximum atomic E-state index is 9.54. The Morgan fingerprint density at radius 2 is 1.90 bits per heavy atom. The molecule has 1 aliphatic rings. The highest BCUT2D eigenvalue weighted by atomic mass is 35.5. The summed E-state index contributed by atoms with van der Waals surface area (Å²) < 4.78 is 4.28. The van der Waals surface area contributed by atoms with Crippen LogP contribution in [0.2, 0.25) is 5.02 Å². The lowest BCUT2D eigenvalue weighted by molar-refractivity contribution is 0.276. The fraction of sp³-hybridized carbons (Fsp3) is 0.318. The van der Waals surface area contributed by atoms with E-state index in [4.69, 9.17) is 16.6 Å². The van der Waals surface area contributed by atoms with E-state index in [1.54, 1.807) is 11.8 Å². The number of halogens is 1. The molecular formula is C22H22ClN5OS. The molecule has 8 heteroatoms. The van der Waals surface area contributed by atoms with Crippen LogP contribution in [-0.2, 0) is 18.8 Å². The molecule has 6 nitrogen and oxygen atoms in total. The average Bonchev–Trinajstić information content (AvgIpc) is 3.45. The van der Waals surface area contributed by atoms with Gasteiger partial charge < -0.3 is 14.2 Å². The quantitative estimate of drug-likeness (QED) is 0.409. The number of fused-ring (bicyclic) bond motifs is 1. The van der Waals surface area contributed by atoms with Gasteiger partial charge in [-0.15, -0.1) is 10.2 Å². The number of rotatable bonds is 8. The SMILES string of the molecule is OCCn1c(CSc2nnc(C3CC3)n2Cc2ccccc2)nc2ccc(Cl)cc21. The van der Waals surface area contributed by atoms with E-state index in [0.29, 0.717) is 23.2 Å². The molecule has 1 aliphatic carbocycles. The van der Waals surface area contributed by atoms with Crippen LogP contribution < -0.4 is 0 Å². The van der Waals surface area contributed by atoms with Gasteiger partial charge in [0.25, 0.3) is 0 Å². The number of aromatic nitrogens is 5. The Labute approximate surface area is 183 Å². The van der Waals surface area contributed by atoms with Gasteiger partial charge in [0.05, 0.1) is 29.9 Å². The van der Waals surface area contributed by atoms with E-state index < -0.39 is 0 Å². The average molecular weight is 440 g/mol. The standard InChI is InChI=1S/C22H22ClN5OS/c23-17-8-9-18-19(12-17)27(10-11-29)20(24-18)14-30-22-26-25-21(16-6-7-16)28(22)13-15-4-2-1-3-5-15/h1-5,8-9,12,16,29H,6-7,10-11,13-14H2. The second-order valence-corrected chi connectivity index (χ2v) is 8.89. The molecule has 1 saturated carbocycles. The summed E-state index contributed by atoms with van der Waals surface area (Å²) in [5.74, 6) is 3.14. The van der Waals surface area contributed by atoms with Gasteiger partial charge in [0, 0.05) is 17.5 Å². The molecule has 2 aromatic heterocycles. The molecule has 5 rings (SSSR count). The number of hydrogen-bond donors (Lipinski definition) is 1. The first kappa shape index (κ1) is 19.6. The van der Waals surface area contributed by atoms with Crippen molar-refractivity contribution < 1.29 is 5.11 Å². The smallest absolute Gasteiger partial charge is 0.191 e. The Morgan fingerprint density at radius 3 is 2.67 bits per heavy atom. The van der Waals surface area contributed by atoms with Gasteiger partial charge in [0.2, 0.25) is 0 Å². The van der Waals surface area contributed by atoms with E-state index in [-0.39, 0.29) is 6.61 Å². The minimum absolute atomic E-state index is 0.0473. The molecule has 0 aliphatic heterocycles. The number of aliphatic hydroxyl groups excluding tert-OH is 1. The number of thioether (sulfide) groups is 1. The van der Waals surface area contributed by atoms with Crippen molar-refractivity contribution in [2.75, 3.05) is 6.61 Å². The molecule has 0 bridgehead atoms. The minimum Gasteiger partial charge on any atom is -0.395 e. The van der Waals surface area contributed by atoms with Gasteiger partial charge in [-0.25, -0.2) is 4.98 Å². The molecule has 4 aromatic rings. The molecular weight excluding hydrogens is 418 g/mol. The predicted molar refractivity (Wildman–Crippen MR) is 119 cm³/mol. The van der Waals surface area contributed by atoms with Crippen LogP contribution in [0.3, 0.4) is 0 Å². The van der Waals surface area contributed by atoms with Crippen molar-refractivity contribution in [2.24, 2.45) is 0 Å². The van der Waals surface area contributed by atoms with Crippen molar-refractivity contribution in [1.29, 1.82) is 0 Å². The Balaban J connectivity index is 1.43. The van der Waals surface area contributed by atoms with Gasteiger partial charge in [-0.2, -0.15) is 0 Å². The summed E-state index contributed by atoms with van der Waals surface area (Å²) in [5, 5.41) is 20.1. The lowest BCUT2D eigenvalue weighted by Crippen LogP contribution is -2.08. The second kappa shape index (κ2) is 8.41. The summed E-state index contributed by atoms with van der Waals surface area (Å²) in [5.41, 5.74) is 3.06. The van der Waals surface area contributed by atoms with E-state index in [1.807, 2.05) is 28.8 Å². The van der Waals surface area contributed by atoms with E-state index in [2.05, 4.69) is 39.0 Å². The number of aliphatic hydroxyl groups is 1. The predicted octanol–water partition coefficient (Wildman–Crippen LogP) is 4.49. The van der Waals surface area contributed by atoms with Crippen LogP contribution in [0.15, 0.2) is 53.7 Å². The molecule has 0 amide bonds. The summed E-state index contributed by atoms with van der Waals surface area (Å²) in [4.78, 5) is 4.77. The lowest BCUT2D eigenvalue weighted by Gasteiger charge is -2.11. The molecule has 0 atom stereocenters. The third-order valence-electron chi connectivity index (χ3n) is 5.31. The maximum absolute atomic E-state index is 9.54. The third-order valence-corrected chi connectivity index (χ3v) is 6.51. The van der Waals surface area contributed by atoms with Crippen molar-refractivity contribution in [3.8, 4) is 0 Å². The lowest BCUT2D eigenvalue weighted by atomic mass is 10.2. The number of imidazole rings is 1. The van der Waals surface area contributed by atoms with E-state index in [1.165, 1.54) is 18.4 Å². The second-order valence-electron chi connectivity index (χ2n) is 7.51. The molecule has 0 spiro atoms. The van der Waals surface area contributed by atoms with Crippen LogP contribution in [0, 0.1) is 0 Å². The van der Waals surface area contributed by atoms with Gasteiger partial charge in [0.1, 0.15) is 11.6 Å². The molecule has 30 heavy (non-hydrogen) atoms. The van der Waals surface area contributed by atoms with Crippen molar-refractivity contribution in [2.45, 2.75) is 42.8 Å². The number of hydrogen-bond acceptors (Lipinski definition) is 5. The molecule has 1 N–H and O–H groups in total. The zero-order valence-corrected chi connectivity index (χ0v) is 18.0. The highest BCUT2D eigenvalue weighted by Crippen LogP contribution is 2.40. The van der Waals surface area contributed by atoms with Crippen LogP contribution in [-0.4, -0.2) is 36.0 Å². The Kier molecular flexibility index (Phi) is 5.50. The van der Waals surface area contributed by atoms with Crippen LogP contribution >= 0.6 is 23.4 Å². The molecule has 154 valence electrons. The first-order chi connectivity index (χ1) is 14.7. The van der Waals surface area contributed by atoms with Crippen molar-refractivity contribution in [3.05, 3.63) is 70.8 Å². The Hall–Kier alpha value is -2.35. The normalized spacial score (nSPS) is 13.9. The highest BCUT2D eigenvalue weighted by Gasteiger charge is 2.30. The first-order valence-corrected chi connectivity index (χ1v) is 11.4. The minimum atomic E-state index is 0.0473. The van der Waals surface area contributed by atoms with Crippen LogP contribution in [0.5, 0.6) is 0 Å². The Morgan fingerprint density at radius 1 is 1.07 bits per heavy atom. The molecule has 0 radical (unpaired) electrons.